The maximum atomic E-state index is 12.5. The van der Waals surface area contributed by atoms with Crippen molar-refractivity contribution in [1.82, 2.24) is 9.99 Å². The fourth-order valence-corrected chi connectivity index (χ4v) is 4.44. The van der Waals surface area contributed by atoms with Crippen LogP contribution in [0.5, 0.6) is 5.75 Å². The Bertz CT molecular complexity index is 1300. The lowest BCUT2D eigenvalue weighted by Gasteiger charge is -2.12. The van der Waals surface area contributed by atoms with Crippen LogP contribution < -0.4 is 5.43 Å². The Morgan fingerprint density at radius 1 is 1.06 bits per heavy atom. The van der Waals surface area contributed by atoms with Crippen molar-refractivity contribution in [2.45, 2.75) is 6.92 Å². The molecule has 4 rings (SSSR count). The first kappa shape index (κ1) is 22.1. The lowest BCUT2D eigenvalue weighted by atomic mass is 10.1. The van der Waals surface area contributed by atoms with Crippen LogP contribution in [0.2, 0.25) is 5.02 Å². The maximum Gasteiger partial charge on any atom is 0.271 e. The summed E-state index contributed by atoms with van der Waals surface area (Å²) in [7, 11) is 0. The predicted octanol–water partition coefficient (Wildman–Crippen LogP) is 6.18. The van der Waals surface area contributed by atoms with Gasteiger partial charge < -0.3 is 9.67 Å². The smallest absolute Gasteiger partial charge is 0.271 e. The second-order valence-corrected chi connectivity index (χ2v) is 8.73. The van der Waals surface area contributed by atoms with Crippen LogP contribution in [-0.2, 0) is 0 Å². The second-order valence-electron chi connectivity index (χ2n) is 7.13. The van der Waals surface area contributed by atoms with Gasteiger partial charge in [0.15, 0.2) is 0 Å². The molecule has 5 nitrogen and oxygen atoms in total. The number of carbonyl (C=O) groups is 1. The SMILES string of the molecule is Cc1ccc(-c2ccccc2)n1-c1ccc(C(=O)N/N=C/c2cc(Cl)cc(I)c2O)cc1. The van der Waals surface area contributed by atoms with Crippen molar-refractivity contribution in [2.75, 3.05) is 0 Å². The second kappa shape index (κ2) is 9.58. The molecule has 1 heterocycles. The number of nitrogens with one attached hydrogen (secondary N) is 1. The number of benzene rings is 3. The highest BCUT2D eigenvalue weighted by molar-refractivity contribution is 14.1. The predicted molar refractivity (Wildman–Crippen MR) is 137 cm³/mol. The number of halogens is 2. The Morgan fingerprint density at radius 3 is 2.50 bits per heavy atom. The van der Waals surface area contributed by atoms with Gasteiger partial charge in [-0.25, -0.2) is 5.43 Å². The minimum Gasteiger partial charge on any atom is -0.506 e. The Hall–Kier alpha value is -3.10. The number of aryl methyl sites for hydroxylation is 1. The van der Waals surface area contributed by atoms with E-state index in [0.29, 0.717) is 19.7 Å². The number of nitrogens with zero attached hydrogens (tertiary/aromatic N) is 2. The minimum atomic E-state index is -0.350. The number of phenols is 1. The van der Waals surface area contributed by atoms with Gasteiger partial charge in [0.05, 0.1) is 15.5 Å². The molecule has 0 unspecified atom stereocenters. The number of aromatic nitrogens is 1. The summed E-state index contributed by atoms with van der Waals surface area (Å²) in [5.41, 5.74) is 7.65. The number of carbonyl (C=O) groups excluding carboxylic acids is 1. The quantitative estimate of drug-likeness (QED) is 0.175. The largest absolute Gasteiger partial charge is 0.506 e. The van der Waals surface area contributed by atoms with Gasteiger partial charge >= 0.3 is 0 Å². The van der Waals surface area contributed by atoms with Crippen molar-refractivity contribution >= 4 is 46.3 Å². The summed E-state index contributed by atoms with van der Waals surface area (Å²) < 4.78 is 2.76. The van der Waals surface area contributed by atoms with Crippen molar-refractivity contribution in [3.05, 3.63) is 104 Å². The lowest BCUT2D eigenvalue weighted by molar-refractivity contribution is 0.0955. The molecule has 0 aliphatic heterocycles. The summed E-state index contributed by atoms with van der Waals surface area (Å²) in [6.45, 7) is 2.05. The molecule has 0 aliphatic rings. The zero-order valence-corrected chi connectivity index (χ0v) is 20.0. The van der Waals surface area contributed by atoms with Crippen molar-refractivity contribution in [3.8, 4) is 22.7 Å². The molecule has 160 valence electrons. The van der Waals surface area contributed by atoms with Gasteiger partial charge in [-0.2, -0.15) is 5.10 Å². The summed E-state index contributed by atoms with van der Waals surface area (Å²) in [6.07, 6.45) is 1.37. The number of aromatic hydroxyl groups is 1. The van der Waals surface area contributed by atoms with Gasteiger partial charge in [0, 0.05) is 27.5 Å². The van der Waals surface area contributed by atoms with E-state index in [1.807, 2.05) is 59.8 Å². The molecular formula is C25H19ClIN3O2. The number of rotatable bonds is 5. The summed E-state index contributed by atoms with van der Waals surface area (Å²) in [4.78, 5) is 12.5. The normalized spacial score (nSPS) is 11.1. The van der Waals surface area contributed by atoms with E-state index in [4.69, 9.17) is 11.6 Å². The molecule has 7 heteroatoms. The molecule has 0 atom stereocenters. The number of amides is 1. The molecule has 1 aromatic heterocycles. The van der Waals surface area contributed by atoms with Crippen molar-refractivity contribution in [2.24, 2.45) is 5.10 Å². The third-order valence-electron chi connectivity index (χ3n) is 4.96. The molecule has 0 radical (unpaired) electrons. The highest BCUT2D eigenvalue weighted by Gasteiger charge is 2.11. The van der Waals surface area contributed by atoms with Crippen molar-refractivity contribution in [1.29, 1.82) is 0 Å². The van der Waals surface area contributed by atoms with Crippen LogP contribution in [0.1, 0.15) is 21.6 Å². The average Bonchev–Trinajstić information content (AvgIpc) is 3.19. The van der Waals surface area contributed by atoms with E-state index in [1.54, 1.807) is 24.3 Å². The van der Waals surface area contributed by atoms with Crippen LogP contribution in [0.3, 0.4) is 0 Å². The van der Waals surface area contributed by atoms with Crippen LogP contribution in [0, 0.1) is 10.5 Å². The summed E-state index contributed by atoms with van der Waals surface area (Å²) in [6, 6.07) is 24.9. The molecule has 2 N–H and O–H groups in total. The number of hydrogen-bond donors (Lipinski definition) is 2. The van der Waals surface area contributed by atoms with Gasteiger partial charge in [0.25, 0.3) is 5.91 Å². The maximum absolute atomic E-state index is 12.5. The Morgan fingerprint density at radius 2 is 1.78 bits per heavy atom. The van der Waals surface area contributed by atoms with Crippen LogP contribution >= 0.6 is 34.2 Å². The van der Waals surface area contributed by atoms with Crippen molar-refractivity contribution < 1.29 is 9.90 Å². The number of hydrogen-bond acceptors (Lipinski definition) is 3. The van der Waals surface area contributed by atoms with Crippen molar-refractivity contribution in [3.63, 3.8) is 0 Å². The van der Waals surface area contributed by atoms with Gasteiger partial charge in [-0.15, -0.1) is 0 Å². The molecule has 0 aliphatic carbocycles. The first-order valence-corrected chi connectivity index (χ1v) is 11.3. The zero-order chi connectivity index (χ0) is 22.7. The summed E-state index contributed by atoms with van der Waals surface area (Å²) in [5, 5.41) is 14.5. The number of hydrazone groups is 1. The third-order valence-corrected chi connectivity index (χ3v) is 6.00. The van der Waals surface area contributed by atoms with Gasteiger partial charge in [-0.1, -0.05) is 41.9 Å². The van der Waals surface area contributed by atoms with Gasteiger partial charge in [0.2, 0.25) is 0 Å². The first-order valence-electron chi connectivity index (χ1n) is 9.79. The average molecular weight is 556 g/mol. The standard InChI is InChI=1S/C25H19ClIN3O2/c1-16-7-12-23(17-5-3-2-4-6-17)30(16)21-10-8-18(9-11-21)25(32)29-28-15-19-13-20(26)14-22(27)24(19)31/h2-15,31H,1H3,(H,29,32)/b28-15+. The molecule has 0 saturated heterocycles. The molecule has 4 aromatic rings. The molecular weight excluding hydrogens is 537 g/mol. The molecule has 32 heavy (non-hydrogen) atoms. The molecule has 0 bridgehead atoms. The van der Waals surface area contributed by atoms with Crippen LogP contribution in [-0.4, -0.2) is 21.8 Å². The monoisotopic (exact) mass is 555 g/mol. The summed E-state index contributed by atoms with van der Waals surface area (Å²) in [5.74, 6) is -0.287. The van der Waals surface area contributed by atoms with Crippen LogP contribution in [0.15, 0.2) is 84.0 Å². The molecule has 0 saturated carbocycles. The molecule has 0 spiro atoms. The Kier molecular flexibility index (Phi) is 6.62. The van der Waals surface area contributed by atoms with E-state index < -0.39 is 0 Å². The number of phenolic OH excluding ortho intramolecular Hbond substituents is 1. The summed E-state index contributed by atoms with van der Waals surface area (Å²) >= 11 is 7.99. The molecule has 3 aromatic carbocycles. The first-order chi connectivity index (χ1) is 15.4. The van der Waals surface area contributed by atoms with Gasteiger partial charge in [-0.3, -0.25) is 4.79 Å². The van der Waals surface area contributed by atoms with Crippen LogP contribution in [0.25, 0.3) is 16.9 Å². The zero-order valence-electron chi connectivity index (χ0n) is 17.1. The molecule has 0 fully saturated rings. The third kappa shape index (κ3) is 4.71. The minimum absolute atomic E-state index is 0.0636. The highest BCUT2D eigenvalue weighted by Crippen LogP contribution is 2.28. The highest BCUT2D eigenvalue weighted by atomic mass is 127. The van der Waals surface area contributed by atoms with E-state index in [1.165, 1.54) is 6.21 Å². The van der Waals surface area contributed by atoms with E-state index in [9.17, 15) is 9.90 Å². The van der Waals surface area contributed by atoms with Gasteiger partial charge in [-0.05, 0) is 83.6 Å². The van der Waals surface area contributed by atoms with E-state index in [0.717, 1.165) is 22.6 Å². The molecule has 1 amide bonds. The topological polar surface area (TPSA) is 66.6 Å². The van der Waals surface area contributed by atoms with E-state index >= 15 is 0 Å². The lowest BCUT2D eigenvalue weighted by Crippen LogP contribution is -2.17. The van der Waals surface area contributed by atoms with E-state index in [-0.39, 0.29) is 11.7 Å². The van der Waals surface area contributed by atoms with Crippen LogP contribution in [0.4, 0.5) is 0 Å². The fourth-order valence-electron chi connectivity index (χ4n) is 3.39. The van der Waals surface area contributed by atoms with Gasteiger partial charge in [0.1, 0.15) is 5.75 Å². The van der Waals surface area contributed by atoms with E-state index in [2.05, 4.69) is 39.4 Å². The Balaban J connectivity index is 1.52. The Labute approximate surface area is 204 Å². The fraction of sp³-hybridized carbons (Fsp3) is 0.0400.